The molecule has 2 N–H and O–H groups in total. The number of hydrogen-bond acceptors (Lipinski definition) is 5. The van der Waals surface area contributed by atoms with Crippen LogP contribution in [0.3, 0.4) is 0 Å². The third-order valence-electron chi connectivity index (χ3n) is 5.35. The summed E-state index contributed by atoms with van der Waals surface area (Å²) in [6, 6.07) is 3.75. The molecule has 2 fully saturated rings. The SMILES string of the molecule is CC(C)(C)OC(=O)NCC1(NC(=O)c2ccc(N3CCCC3)nc2)CCCC1. The van der Waals surface area contributed by atoms with E-state index in [4.69, 9.17) is 4.74 Å². The van der Waals surface area contributed by atoms with Gasteiger partial charge in [0.15, 0.2) is 0 Å². The van der Waals surface area contributed by atoms with Crippen molar-refractivity contribution in [2.24, 2.45) is 0 Å². The predicted molar refractivity (Wildman–Crippen MR) is 109 cm³/mol. The lowest BCUT2D eigenvalue weighted by Gasteiger charge is -2.31. The largest absolute Gasteiger partial charge is 0.444 e. The number of nitrogens with zero attached hydrogens (tertiary/aromatic N) is 2. The van der Waals surface area contributed by atoms with Gasteiger partial charge < -0.3 is 20.3 Å². The zero-order chi connectivity index (χ0) is 20.2. The average Bonchev–Trinajstić information content (AvgIpc) is 3.31. The van der Waals surface area contributed by atoms with Gasteiger partial charge in [0.05, 0.1) is 11.1 Å². The Bertz CT molecular complexity index is 685. The standard InChI is InChI=1S/C21H32N4O3/c1-20(2,3)28-19(27)23-15-21(10-4-5-11-21)24-18(26)16-8-9-17(22-14-16)25-12-6-7-13-25/h8-9,14H,4-7,10-13,15H2,1-3H3,(H,23,27)(H,24,26). The molecule has 154 valence electrons. The van der Waals surface area contributed by atoms with Gasteiger partial charge in [-0.2, -0.15) is 0 Å². The van der Waals surface area contributed by atoms with E-state index in [0.717, 1.165) is 44.6 Å². The summed E-state index contributed by atoms with van der Waals surface area (Å²) in [5, 5.41) is 5.98. The highest BCUT2D eigenvalue weighted by atomic mass is 16.6. The molecule has 28 heavy (non-hydrogen) atoms. The average molecular weight is 389 g/mol. The van der Waals surface area contributed by atoms with Crippen LogP contribution in [0.25, 0.3) is 0 Å². The zero-order valence-corrected chi connectivity index (χ0v) is 17.2. The van der Waals surface area contributed by atoms with Crippen LogP contribution >= 0.6 is 0 Å². The minimum Gasteiger partial charge on any atom is -0.444 e. The number of ether oxygens (including phenoxy) is 1. The number of hydrogen-bond donors (Lipinski definition) is 2. The van der Waals surface area contributed by atoms with E-state index in [9.17, 15) is 9.59 Å². The van der Waals surface area contributed by atoms with E-state index in [0.29, 0.717) is 12.1 Å². The van der Waals surface area contributed by atoms with Crippen molar-refractivity contribution in [3.05, 3.63) is 23.9 Å². The van der Waals surface area contributed by atoms with Crippen LogP contribution in [0.4, 0.5) is 10.6 Å². The number of nitrogens with one attached hydrogen (secondary N) is 2. The van der Waals surface area contributed by atoms with Crippen molar-refractivity contribution >= 4 is 17.8 Å². The Morgan fingerprint density at radius 1 is 1.14 bits per heavy atom. The molecule has 1 saturated heterocycles. The highest BCUT2D eigenvalue weighted by molar-refractivity contribution is 5.94. The number of rotatable bonds is 5. The summed E-state index contributed by atoms with van der Waals surface area (Å²) in [7, 11) is 0. The smallest absolute Gasteiger partial charge is 0.407 e. The Morgan fingerprint density at radius 2 is 1.82 bits per heavy atom. The molecule has 1 aromatic rings. The molecule has 0 atom stereocenters. The molecule has 1 aliphatic heterocycles. The van der Waals surface area contributed by atoms with Gasteiger partial charge in [0.1, 0.15) is 11.4 Å². The van der Waals surface area contributed by atoms with E-state index in [1.165, 1.54) is 12.8 Å². The lowest BCUT2D eigenvalue weighted by molar-refractivity contribution is 0.0505. The molecule has 3 rings (SSSR count). The van der Waals surface area contributed by atoms with Crippen molar-refractivity contribution < 1.29 is 14.3 Å². The summed E-state index contributed by atoms with van der Waals surface area (Å²) >= 11 is 0. The molecule has 1 saturated carbocycles. The molecule has 7 nitrogen and oxygen atoms in total. The monoisotopic (exact) mass is 388 g/mol. The lowest BCUT2D eigenvalue weighted by Crippen LogP contribution is -2.54. The fraction of sp³-hybridized carbons (Fsp3) is 0.667. The summed E-state index contributed by atoms with van der Waals surface area (Å²) in [4.78, 5) is 31.5. The Morgan fingerprint density at radius 3 is 2.39 bits per heavy atom. The van der Waals surface area contributed by atoms with Gasteiger partial charge in [0.25, 0.3) is 5.91 Å². The van der Waals surface area contributed by atoms with Crippen LogP contribution in [0.5, 0.6) is 0 Å². The molecular weight excluding hydrogens is 356 g/mol. The van der Waals surface area contributed by atoms with E-state index in [1.54, 1.807) is 6.20 Å². The first-order valence-corrected chi connectivity index (χ1v) is 10.3. The highest BCUT2D eigenvalue weighted by Crippen LogP contribution is 2.29. The maximum absolute atomic E-state index is 12.8. The van der Waals surface area contributed by atoms with Crippen LogP contribution in [-0.4, -0.2) is 47.8 Å². The van der Waals surface area contributed by atoms with Crippen LogP contribution in [0.1, 0.15) is 69.7 Å². The van der Waals surface area contributed by atoms with Crippen molar-refractivity contribution in [1.29, 1.82) is 0 Å². The van der Waals surface area contributed by atoms with E-state index in [2.05, 4.69) is 20.5 Å². The molecule has 1 aromatic heterocycles. The maximum atomic E-state index is 12.8. The molecule has 0 bridgehead atoms. The van der Waals surface area contributed by atoms with E-state index in [1.807, 2.05) is 32.9 Å². The third kappa shape index (κ3) is 5.36. The number of alkyl carbamates (subject to hydrolysis) is 1. The summed E-state index contributed by atoms with van der Waals surface area (Å²) < 4.78 is 5.32. The van der Waals surface area contributed by atoms with Gasteiger partial charge in [-0.25, -0.2) is 9.78 Å². The van der Waals surface area contributed by atoms with E-state index in [-0.39, 0.29) is 5.91 Å². The predicted octanol–water partition coefficient (Wildman–Crippen LogP) is 3.25. The minimum atomic E-state index is -0.543. The highest BCUT2D eigenvalue weighted by Gasteiger charge is 2.36. The molecule has 0 radical (unpaired) electrons. The van der Waals surface area contributed by atoms with Crippen molar-refractivity contribution in [1.82, 2.24) is 15.6 Å². The third-order valence-corrected chi connectivity index (χ3v) is 5.35. The van der Waals surface area contributed by atoms with E-state index < -0.39 is 17.2 Å². The number of carbonyl (C=O) groups excluding carboxylic acids is 2. The summed E-state index contributed by atoms with van der Waals surface area (Å²) in [5.74, 6) is 0.782. The van der Waals surface area contributed by atoms with Gasteiger partial charge in [-0.1, -0.05) is 12.8 Å². The molecular formula is C21H32N4O3. The molecule has 0 spiro atoms. The molecule has 2 heterocycles. The first kappa shape index (κ1) is 20.4. The second-order valence-corrected chi connectivity index (χ2v) is 8.90. The Labute approximate surface area is 167 Å². The first-order valence-electron chi connectivity index (χ1n) is 10.3. The van der Waals surface area contributed by atoms with Crippen LogP contribution < -0.4 is 15.5 Å². The molecule has 1 aliphatic carbocycles. The Kier molecular flexibility index (Phi) is 6.10. The maximum Gasteiger partial charge on any atom is 0.407 e. The van der Waals surface area contributed by atoms with Crippen molar-refractivity contribution in [2.75, 3.05) is 24.5 Å². The minimum absolute atomic E-state index is 0.145. The van der Waals surface area contributed by atoms with Crippen molar-refractivity contribution in [3.63, 3.8) is 0 Å². The quantitative estimate of drug-likeness (QED) is 0.809. The van der Waals surface area contributed by atoms with Crippen molar-refractivity contribution in [3.8, 4) is 0 Å². The number of pyridine rings is 1. The summed E-state index contributed by atoms with van der Waals surface area (Å²) in [5.41, 5.74) is -0.424. The molecule has 2 aliphatic rings. The number of carbonyl (C=O) groups is 2. The Hall–Kier alpha value is -2.31. The van der Waals surface area contributed by atoms with Crippen LogP contribution in [-0.2, 0) is 4.74 Å². The van der Waals surface area contributed by atoms with Gasteiger partial charge in [-0.05, 0) is 58.6 Å². The van der Waals surface area contributed by atoms with Gasteiger partial charge in [-0.3, -0.25) is 4.79 Å². The molecule has 0 unspecified atom stereocenters. The van der Waals surface area contributed by atoms with Gasteiger partial charge in [0, 0.05) is 25.8 Å². The molecule has 7 heteroatoms. The van der Waals surface area contributed by atoms with E-state index >= 15 is 0 Å². The molecule has 2 amide bonds. The number of aromatic nitrogens is 1. The summed E-state index contributed by atoms with van der Waals surface area (Å²) in [6.45, 7) is 7.92. The fourth-order valence-corrected chi connectivity index (χ4v) is 3.92. The topological polar surface area (TPSA) is 83.6 Å². The van der Waals surface area contributed by atoms with Crippen LogP contribution in [0, 0.1) is 0 Å². The van der Waals surface area contributed by atoms with Crippen molar-refractivity contribution in [2.45, 2.75) is 70.4 Å². The normalized spacial score (nSPS) is 18.8. The number of amides is 2. The second kappa shape index (κ2) is 8.37. The fourth-order valence-electron chi connectivity index (χ4n) is 3.92. The first-order chi connectivity index (χ1) is 13.3. The zero-order valence-electron chi connectivity index (χ0n) is 17.2. The van der Waals surface area contributed by atoms with Crippen LogP contribution in [0.15, 0.2) is 18.3 Å². The van der Waals surface area contributed by atoms with Gasteiger partial charge in [-0.15, -0.1) is 0 Å². The van der Waals surface area contributed by atoms with Gasteiger partial charge in [0.2, 0.25) is 0 Å². The molecule has 0 aromatic carbocycles. The summed E-state index contributed by atoms with van der Waals surface area (Å²) in [6.07, 6.45) is 7.32. The van der Waals surface area contributed by atoms with Gasteiger partial charge >= 0.3 is 6.09 Å². The Balaban J connectivity index is 1.60. The number of anilines is 1. The second-order valence-electron chi connectivity index (χ2n) is 8.90. The van der Waals surface area contributed by atoms with Crippen LogP contribution in [0.2, 0.25) is 0 Å². The lowest BCUT2D eigenvalue weighted by atomic mass is 9.97.